The predicted octanol–water partition coefficient (Wildman–Crippen LogP) is 2.19. The molecule has 10 heteroatoms. The van der Waals surface area contributed by atoms with Crippen molar-refractivity contribution in [1.82, 2.24) is 9.97 Å². The highest BCUT2D eigenvalue weighted by Gasteiger charge is 2.46. The van der Waals surface area contributed by atoms with Crippen LogP contribution in [0, 0.1) is 5.92 Å². The zero-order valence-electron chi connectivity index (χ0n) is 20.7. The summed E-state index contributed by atoms with van der Waals surface area (Å²) in [6.07, 6.45) is 4.19. The summed E-state index contributed by atoms with van der Waals surface area (Å²) in [5.74, 6) is 5.96. The summed E-state index contributed by atoms with van der Waals surface area (Å²) >= 11 is -1.13. The summed E-state index contributed by atoms with van der Waals surface area (Å²) in [7, 11) is -2.36. The third-order valence-corrected chi connectivity index (χ3v) is 10.4. The average Bonchev–Trinajstić information content (AvgIpc) is 3.36. The van der Waals surface area contributed by atoms with Gasteiger partial charge in [-0.1, -0.05) is 32.0 Å². The van der Waals surface area contributed by atoms with Crippen molar-refractivity contribution in [2.75, 3.05) is 52.8 Å². The third-order valence-electron chi connectivity index (χ3n) is 7.66. The molecule has 4 heterocycles. The van der Waals surface area contributed by atoms with Gasteiger partial charge >= 0.3 is 0 Å². The number of para-hydroxylation sites is 1. The Morgan fingerprint density at radius 1 is 1.29 bits per heavy atom. The van der Waals surface area contributed by atoms with Crippen LogP contribution in [0.15, 0.2) is 29.2 Å². The van der Waals surface area contributed by atoms with Crippen LogP contribution in [0.25, 0.3) is 0 Å². The van der Waals surface area contributed by atoms with E-state index in [1.807, 2.05) is 24.2 Å². The first kappa shape index (κ1) is 24.7. The van der Waals surface area contributed by atoms with Crippen LogP contribution in [0.5, 0.6) is 0 Å². The van der Waals surface area contributed by atoms with E-state index in [1.165, 1.54) is 5.56 Å². The van der Waals surface area contributed by atoms with Crippen molar-refractivity contribution < 1.29 is 13.9 Å². The van der Waals surface area contributed by atoms with Crippen molar-refractivity contribution in [2.24, 2.45) is 5.92 Å². The number of nitrogens with zero attached hydrogens (tertiary/aromatic N) is 4. The molecular weight excluding hydrogens is 482 g/mol. The fourth-order valence-electron chi connectivity index (χ4n) is 5.51. The molecule has 1 aromatic heterocycles. The van der Waals surface area contributed by atoms with E-state index in [0.717, 1.165) is 37.3 Å². The van der Waals surface area contributed by atoms with E-state index in [2.05, 4.69) is 34.3 Å². The lowest BCUT2D eigenvalue weighted by molar-refractivity contribution is 0.248. The molecule has 0 radical (unpaired) electrons. The quantitative estimate of drug-likeness (QED) is 0.447. The number of nitrogens with one attached hydrogen (secondary N) is 1. The van der Waals surface area contributed by atoms with Crippen molar-refractivity contribution in [3.8, 4) is 0 Å². The highest BCUT2D eigenvalue weighted by Crippen LogP contribution is 2.48. The van der Waals surface area contributed by atoms with Gasteiger partial charge < -0.3 is 19.9 Å². The fraction of sp³-hybridized carbons (Fsp3) is 0.560. The first-order chi connectivity index (χ1) is 16.6. The summed E-state index contributed by atoms with van der Waals surface area (Å²) in [5.41, 5.74) is 3.07. The molecule has 0 saturated carbocycles. The number of anilines is 3. The van der Waals surface area contributed by atoms with E-state index in [0.29, 0.717) is 35.4 Å². The number of aromatic nitrogens is 2. The number of aliphatic hydroxyl groups is 1. The molecule has 3 aliphatic heterocycles. The average molecular weight is 518 g/mol. The van der Waals surface area contributed by atoms with Crippen LogP contribution in [-0.4, -0.2) is 74.0 Å². The standard InChI is InChI=1S/C25H35N5O3S2/c1-17(2)20(15-31)26-23-22-19(9-14-34(22)32)27-24(28-23)29-12-10-25(11-13-29)16-30(35(3,4)33)21-8-6-5-7-18(21)25/h5-8,17,20,31H,3,9-16H2,1-2,4H3,(H,26,27,28)/t20-,34?,35?/m0/s1. The SMILES string of the molecule is C=S(C)(=O)N1CC2(CCN(c3nc4c(c(N[C@@H](CO)C(C)C)n3)[S+]([O-])CC4)CC2)c2ccccc21. The zero-order valence-corrected chi connectivity index (χ0v) is 22.3. The molecule has 1 aromatic carbocycles. The van der Waals surface area contributed by atoms with Crippen LogP contribution in [0.3, 0.4) is 0 Å². The molecule has 0 bridgehead atoms. The summed E-state index contributed by atoms with van der Waals surface area (Å²) in [6, 6.07) is 8.11. The van der Waals surface area contributed by atoms with Gasteiger partial charge in [0.05, 0.1) is 18.3 Å². The smallest absolute Gasteiger partial charge is 0.227 e. The highest BCUT2D eigenvalue weighted by atomic mass is 32.2. The monoisotopic (exact) mass is 517 g/mol. The Morgan fingerprint density at radius 3 is 2.66 bits per heavy atom. The maximum atomic E-state index is 12.9. The highest BCUT2D eigenvalue weighted by molar-refractivity contribution is 8.00. The topological polar surface area (TPSA) is 105 Å². The normalized spacial score (nSPS) is 23.3. The second kappa shape index (κ2) is 9.14. The van der Waals surface area contributed by atoms with Crippen LogP contribution in [0.4, 0.5) is 17.5 Å². The van der Waals surface area contributed by atoms with Gasteiger partial charge in [0.2, 0.25) is 10.8 Å². The van der Waals surface area contributed by atoms with Gasteiger partial charge in [-0.05, 0) is 47.4 Å². The number of benzene rings is 1. The van der Waals surface area contributed by atoms with Crippen molar-refractivity contribution in [1.29, 1.82) is 0 Å². The van der Waals surface area contributed by atoms with Gasteiger partial charge in [0.15, 0.2) is 5.82 Å². The lowest BCUT2D eigenvalue weighted by Gasteiger charge is -2.40. The van der Waals surface area contributed by atoms with Crippen molar-refractivity contribution >= 4 is 44.2 Å². The van der Waals surface area contributed by atoms with Crippen LogP contribution >= 0.6 is 0 Å². The Labute approximate surface area is 211 Å². The maximum absolute atomic E-state index is 12.9. The number of hydrogen-bond donors (Lipinski definition) is 2. The van der Waals surface area contributed by atoms with Crippen molar-refractivity contribution in [2.45, 2.75) is 49.5 Å². The van der Waals surface area contributed by atoms with E-state index < -0.39 is 20.9 Å². The van der Waals surface area contributed by atoms with Crippen molar-refractivity contribution in [3.63, 3.8) is 0 Å². The number of aliphatic hydroxyl groups excluding tert-OH is 1. The summed E-state index contributed by atoms with van der Waals surface area (Å²) in [5, 5.41) is 13.2. The minimum atomic E-state index is -2.36. The first-order valence-electron chi connectivity index (χ1n) is 12.2. The van der Waals surface area contributed by atoms with Gasteiger partial charge in [0.25, 0.3) is 0 Å². The molecule has 1 saturated heterocycles. The molecule has 1 spiro atoms. The van der Waals surface area contributed by atoms with Crippen LogP contribution in [0.2, 0.25) is 0 Å². The van der Waals surface area contributed by atoms with E-state index in [9.17, 15) is 13.9 Å². The van der Waals surface area contributed by atoms with E-state index >= 15 is 0 Å². The Morgan fingerprint density at radius 2 is 2.00 bits per heavy atom. The number of fused-ring (bicyclic) bond motifs is 3. The molecule has 0 aliphatic carbocycles. The minimum absolute atomic E-state index is 0.0204. The van der Waals surface area contributed by atoms with Crippen molar-refractivity contribution in [3.05, 3.63) is 35.5 Å². The molecular formula is C25H35N5O3S2. The third kappa shape index (κ3) is 4.39. The summed E-state index contributed by atoms with van der Waals surface area (Å²) < 4.78 is 27.6. The predicted molar refractivity (Wildman–Crippen MR) is 144 cm³/mol. The maximum Gasteiger partial charge on any atom is 0.227 e. The zero-order chi connectivity index (χ0) is 25.0. The van der Waals surface area contributed by atoms with Gasteiger partial charge in [0.1, 0.15) is 11.4 Å². The summed E-state index contributed by atoms with van der Waals surface area (Å²) in [6.45, 7) is 6.33. The van der Waals surface area contributed by atoms with Crippen LogP contribution in [0.1, 0.15) is 37.9 Å². The molecule has 2 aromatic rings. The van der Waals surface area contributed by atoms with Gasteiger partial charge in [-0.2, -0.15) is 4.98 Å². The molecule has 3 aliphatic rings. The number of aryl methyl sites for hydroxylation is 1. The lowest BCUT2D eigenvalue weighted by atomic mass is 9.74. The lowest BCUT2D eigenvalue weighted by Crippen LogP contribution is -2.46. The summed E-state index contributed by atoms with van der Waals surface area (Å²) in [4.78, 5) is 12.6. The van der Waals surface area contributed by atoms with Gasteiger partial charge in [-0.15, -0.1) is 0 Å². The van der Waals surface area contributed by atoms with Crippen LogP contribution < -0.4 is 14.5 Å². The number of rotatable bonds is 6. The minimum Gasteiger partial charge on any atom is -0.611 e. The molecule has 0 amide bonds. The Bertz CT molecular complexity index is 1210. The van der Waals surface area contributed by atoms with E-state index in [-0.39, 0.29) is 24.0 Å². The molecule has 3 atom stereocenters. The molecule has 5 rings (SSSR count). The molecule has 190 valence electrons. The fourth-order valence-corrected chi connectivity index (χ4v) is 7.92. The Hall–Kier alpha value is -2.01. The van der Waals surface area contributed by atoms with Gasteiger partial charge in [-0.3, -0.25) is 4.31 Å². The first-order valence-corrected chi connectivity index (χ1v) is 15.6. The Kier molecular flexibility index (Phi) is 6.44. The number of hydrogen-bond acceptors (Lipinski definition) is 7. The van der Waals surface area contributed by atoms with Gasteiger partial charge in [0, 0.05) is 47.4 Å². The van der Waals surface area contributed by atoms with E-state index in [1.54, 1.807) is 6.26 Å². The second-order valence-electron chi connectivity index (χ2n) is 10.4. The molecule has 35 heavy (non-hydrogen) atoms. The van der Waals surface area contributed by atoms with E-state index in [4.69, 9.17) is 9.97 Å². The number of piperidine rings is 1. The van der Waals surface area contributed by atoms with Crippen LogP contribution in [-0.2, 0) is 32.7 Å². The Balaban J connectivity index is 1.42. The molecule has 2 N–H and O–H groups in total. The molecule has 1 fully saturated rings. The largest absolute Gasteiger partial charge is 0.611 e. The van der Waals surface area contributed by atoms with Gasteiger partial charge in [-0.25, -0.2) is 9.19 Å². The molecule has 2 unspecified atom stereocenters. The molecule has 8 nitrogen and oxygen atoms in total. The second-order valence-corrected chi connectivity index (χ2v) is 14.3.